The average molecular weight is 625 g/mol. The van der Waals surface area contributed by atoms with Gasteiger partial charge in [0.05, 0.1) is 27.9 Å². The third-order valence-electron chi connectivity index (χ3n) is 8.52. The maximum absolute atomic E-state index is 14.3. The van der Waals surface area contributed by atoms with Gasteiger partial charge < -0.3 is 24.9 Å². The Morgan fingerprint density at radius 2 is 1.77 bits per heavy atom. The molecule has 2 amide bonds. The van der Waals surface area contributed by atoms with E-state index in [0.29, 0.717) is 55.5 Å². The van der Waals surface area contributed by atoms with Gasteiger partial charge in [0.2, 0.25) is 5.91 Å². The zero-order valence-electron chi connectivity index (χ0n) is 25.4. The number of amides is 2. The number of primary amides is 1. The van der Waals surface area contributed by atoms with E-state index in [1.54, 1.807) is 33.8 Å². The molecule has 43 heavy (non-hydrogen) atoms. The second-order valence-electron chi connectivity index (χ2n) is 12.9. The summed E-state index contributed by atoms with van der Waals surface area (Å²) in [5.74, 6) is -0.586. The van der Waals surface area contributed by atoms with Crippen molar-refractivity contribution in [1.82, 2.24) is 14.6 Å². The molecule has 2 heterocycles. The highest BCUT2D eigenvalue weighted by Gasteiger charge is 2.40. The van der Waals surface area contributed by atoms with Crippen molar-refractivity contribution in [2.45, 2.75) is 95.8 Å². The van der Waals surface area contributed by atoms with Gasteiger partial charge in [0.1, 0.15) is 5.56 Å². The summed E-state index contributed by atoms with van der Waals surface area (Å²) in [5.41, 5.74) is 4.86. The Kier molecular flexibility index (Phi) is 10.3. The van der Waals surface area contributed by atoms with Crippen LogP contribution in [0, 0.1) is 18.3 Å². The Morgan fingerprint density at radius 3 is 2.35 bits per heavy atom. The molecular weight excluding hydrogens is 581 g/mol. The van der Waals surface area contributed by atoms with Crippen molar-refractivity contribution < 1.29 is 32.0 Å². The largest absolute Gasteiger partial charge is 0.593 e. The van der Waals surface area contributed by atoms with Crippen molar-refractivity contribution in [3.63, 3.8) is 0 Å². The summed E-state index contributed by atoms with van der Waals surface area (Å²) < 4.78 is 65.9. The summed E-state index contributed by atoms with van der Waals surface area (Å²) in [6, 6.07) is 5.43. The van der Waals surface area contributed by atoms with E-state index in [9.17, 15) is 27.3 Å². The van der Waals surface area contributed by atoms with Gasteiger partial charge in [-0.1, -0.05) is 19.3 Å². The number of nitrogens with one attached hydrogen (secondary N) is 2. The summed E-state index contributed by atoms with van der Waals surface area (Å²) in [4.78, 5) is 25.5. The first-order valence-electron chi connectivity index (χ1n) is 14.9. The van der Waals surface area contributed by atoms with E-state index in [0.717, 1.165) is 38.2 Å². The molecule has 1 atom stereocenters. The molecule has 1 aromatic carbocycles. The van der Waals surface area contributed by atoms with Crippen LogP contribution in [0.25, 0.3) is 11.3 Å². The van der Waals surface area contributed by atoms with E-state index in [4.69, 9.17) is 10.5 Å². The average Bonchev–Trinajstić information content (AvgIpc) is 3.26. The topological polar surface area (TPSA) is 121 Å². The van der Waals surface area contributed by atoms with Gasteiger partial charge >= 0.3 is 6.18 Å². The first kappa shape index (κ1) is 33.4. The Bertz CT molecular complexity index is 1310. The number of nitrogens with two attached hydrogens (primary N) is 1. The first-order chi connectivity index (χ1) is 20.1. The quantitative estimate of drug-likeness (QED) is 0.319. The van der Waals surface area contributed by atoms with Crippen LogP contribution in [0.5, 0.6) is 0 Å². The maximum atomic E-state index is 14.3. The van der Waals surface area contributed by atoms with Gasteiger partial charge in [0.15, 0.2) is 4.90 Å². The van der Waals surface area contributed by atoms with E-state index in [2.05, 4.69) is 10.0 Å². The predicted octanol–water partition coefficient (Wildman–Crippen LogP) is 5.49. The summed E-state index contributed by atoms with van der Waals surface area (Å²) in [7, 11) is 0. The summed E-state index contributed by atoms with van der Waals surface area (Å²) in [5, 5.41) is 2.87. The van der Waals surface area contributed by atoms with Gasteiger partial charge in [-0.3, -0.25) is 9.59 Å². The first-order valence-corrected chi connectivity index (χ1v) is 16.0. The van der Waals surface area contributed by atoms with Gasteiger partial charge in [-0.05, 0) is 89.1 Å². The Hall–Kier alpha value is -2.54. The molecule has 1 saturated heterocycles. The van der Waals surface area contributed by atoms with Gasteiger partial charge in [-0.25, -0.2) is 0 Å². The minimum atomic E-state index is -4.75. The van der Waals surface area contributed by atoms with E-state index >= 15 is 0 Å². The number of alkyl halides is 3. The lowest BCUT2D eigenvalue weighted by Crippen LogP contribution is -2.49. The zero-order chi connectivity index (χ0) is 31.6. The molecule has 1 unspecified atom stereocenters. The van der Waals surface area contributed by atoms with Gasteiger partial charge in [0, 0.05) is 37.7 Å². The number of aromatic nitrogens is 1. The van der Waals surface area contributed by atoms with Crippen LogP contribution < -0.4 is 15.8 Å². The van der Waals surface area contributed by atoms with Gasteiger partial charge in [-0.2, -0.15) is 13.2 Å². The van der Waals surface area contributed by atoms with Crippen molar-refractivity contribution in [2.75, 3.05) is 19.8 Å². The molecule has 2 aliphatic rings. The fourth-order valence-corrected chi connectivity index (χ4v) is 7.23. The molecule has 238 valence electrons. The van der Waals surface area contributed by atoms with Crippen LogP contribution in [-0.4, -0.2) is 46.2 Å². The lowest BCUT2D eigenvalue weighted by molar-refractivity contribution is -0.139. The number of hydrogen-bond donors (Lipinski definition) is 3. The molecule has 12 heteroatoms. The lowest BCUT2D eigenvalue weighted by Gasteiger charge is -2.34. The molecule has 8 nitrogen and oxygen atoms in total. The number of hydrogen-bond acceptors (Lipinski definition) is 5. The Morgan fingerprint density at radius 1 is 1.12 bits per heavy atom. The van der Waals surface area contributed by atoms with E-state index in [1.807, 2.05) is 4.57 Å². The second kappa shape index (κ2) is 13.2. The number of carbonyl (C=O) groups is 2. The molecule has 1 aliphatic carbocycles. The van der Waals surface area contributed by atoms with Crippen LogP contribution in [0.3, 0.4) is 0 Å². The fourth-order valence-electron chi connectivity index (χ4n) is 6.00. The van der Waals surface area contributed by atoms with Crippen molar-refractivity contribution in [2.24, 2.45) is 17.1 Å². The molecule has 0 spiro atoms. The van der Waals surface area contributed by atoms with E-state index < -0.39 is 45.9 Å². The summed E-state index contributed by atoms with van der Waals surface area (Å²) >= 11 is -2.09. The molecule has 1 aromatic heterocycles. The second-order valence-corrected chi connectivity index (χ2v) is 14.1. The lowest BCUT2D eigenvalue weighted by atomic mass is 9.79. The number of rotatable bonds is 9. The standard InChI is InChI=1S/C31H43F3N4O4S/c1-20-23(27(39)36-19-30(28(35)40)12-14-42-15-13-30)17-25(38(20)18-21-8-6-5-7-9-21)22-10-11-26(24(16-22)31(32,33)34)43(41)37-29(2,3)4/h10-11,16-17,21,37H,5-9,12-15,18-19H2,1-4H3,(H2,35,40)(H,36,39). The van der Waals surface area contributed by atoms with E-state index in [-0.39, 0.29) is 17.0 Å². The number of nitrogens with zero attached hydrogens (tertiary/aromatic N) is 1. The molecule has 0 bridgehead atoms. The number of halogens is 3. The number of benzene rings is 1. The molecule has 0 radical (unpaired) electrons. The van der Waals surface area contributed by atoms with Gasteiger partial charge in [-0.15, -0.1) is 4.72 Å². The summed E-state index contributed by atoms with van der Waals surface area (Å²) in [6.07, 6.45) is 1.39. The molecular formula is C31H43F3N4O4S. The SMILES string of the molecule is Cc1c(C(=O)NCC2(C(N)=O)CCOCC2)cc(-c2ccc([S+]([O-])NC(C)(C)C)c(C(F)(F)F)c2)n1CC1CCCCC1. The van der Waals surface area contributed by atoms with Crippen LogP contribution in [-0.2, 0) is 33.6 Å². The van der Waals surface area contributed by atoms with Crippen LogP contribution in [0.1, 0.15) is 87.3 Å². The van der Waals surface area contributed by atoms with Crippen molar-refractivity contribution in [3.05, 3.63) is 41.1 Å². The highest BCUT2D eigenvalue weighted by atomic mass is 32.2. The molecule has 4 N–H and O–H groups in total. The van der Waals surface area contributed by atoms with Crippen LogP contribution in [0.2, 0.25) is 0 Å². The van der Waals surface area contributed by atoms with Crippen molar-refractivity contribution >= 4 is 23.2 Å². The molecule has 2 aromatic rings. The van der Waals surface area contributed by atoms with Crippen LogP contribution in [0.4, 0.5) is 13.2 Å². The molecule has 1 saturated carbocycles. The number of ether oxygens (including phenoxy) is 1. The molecule has 4 rings (SSSR count). The fraction of sp³-hybridized carbons (Fsp3) is 0.613. The van der Waals surface area contributed by atoms with E-state index in [1.165, 1.54) is 12.1 Å². The van der Waals surface area contributed by atoms with Crippen molar-refractivity contribution in [3.8, 4) is 11.3 Å². The third-order valence-corrected chi connectivity index (χ3v) is 10.1. The van der Waals surface area contributed by atoms with Crippen molar-refractivity contribution in [1.29, 1.82) is 0 Å². The highest BCUT2D eigenvalue weighted by Crippen LogP contribution is 2.39. The van der Waals surface area contributed by atoms with Crippen LogP contribution in [0.15, 0.2) is 29.2 Å². The monoisotopic (exact) mass is 624 g/mol. The maximum Gasteiger partial charge on any atom is 0.421 e. The third kappa shape index (κ3) is 7.95. The summed E-state index contributed by atoms with van der Waals surface area (Å²) in [6.45, 7) is 8.33. The Balaban J connectivity index is 1.73. The zero-order valence-corrected chi connectivity index (χ0v) is 26.2. The Labute approximate surface area is 254 Å². The number of carbonyl (C=O) groups excluding carboxylic acids is 2. The van der Waals surface area contributed by atoms with Gasteiger partial charge in [0.25, 0.3) is 5.91 Å². The normalized spacial score (nSPS) is 18.8. The smallest absolute Gasteiger partial charge is 0.421 e. The highest BCUT2D eigenvalue weighted by molar-refractivity contribution is 7.89. The predicted molar refractivity (Wildman–Crippen MR) is 159 cm³/mol. The van der Waals surface area contributed by atoms with Crippen LogP contribution >= 0.6 is 0 Å². The molecule has 1 aliphatic heterocycles. The minimum absolute atomic E-state index is 0.0482. The minimum Gasteiger partial charge on any atom is -0.593 e. The molecule has 2 fully saturated rings.